The molecule has 2 rings (SSSR count). The van der Waals surface area contributed by atoms with E-state index >= 15 is 0 Å². The zero-order valence-corrected chi connectivity index (χ0v) is 15.8. The van der Waals surface area contributed by atoms with E-state index in [9.17, 15) is 4.79 Å². The highest BCUT2D eigenvalue weighted by Gasteiger charge is 2.17. The van der Waals surface area contributed by atoms with Gasteiger partial charge in [-0.25, -0.2) is 4.98 Å². The van der Waals surface area contributed by atoms with Crippen molar-refractivity contribution in [1.29, 1.82) is 0 Å². The number of rotatable bonds is 6. The number of carbonyl (C=O) groups excluding carboxylic acids is 1. The molecule has 1 heterocycles. The predicted octanol–water partition coefficient (Wildman–Crippen LogP) is 3.41. The molecule has 1 aromatic carbocycles. The smallest absolute Gasteiger partial charge is 0.252 e. The first-order chi connectivity index (χ1) is 11.8. The van der Waals surface area contributed by atoms with Crippen LogP contribution in [0.4, 0.5) is 11.5 Å². The molecule has 0 spiro atoms. The summed E-state index contributed by atoms with van der Waals surface area (Å²) in [6.07, 6.45) is 1.60. The standard InChI is InChI=1S/C20H28N4O/c1-20(2,3)16-8-6-7-9-17(16)23-18-11-10-15(14-22-18)19(25)21-12-13-24(4)5/h6-11,14H,12-13H2,1-5H3,(H,21,25)(H,22,23). The van der Waals surface area contributed by atoms with Gasteiger partial charge in [0.15, 0.2) is 0 Å². The van der Waals surface area contributed by atoms with Gasteiger partial charge < -0.3 is 15.5 Å². The highest BCUT2D eigenvalue weighted by Crippen LogP contribution is 2.30. The highest BCUT2D eigenvalue weighted by atomic mass is 16.1. The van der Waals surface area contributed by atoms with Crippen molar-refractivity contribution in [2.24, 2.45) is 0 Å². The van der Waals surface area contributed by atoms with Crippen molar-refractivity contribution in [3.8, 4) is 0 Å². The van der Waals surface area contributed by atoms with E-state index in [2.05, 4.69) is 42.5 Å². The van der Waals surface area contributed by atoms with Gasteiger partial charge >= 0.3 is 0 Å². The van der Waals surface area contributed by atoms with Crippen LogP contribution in [0, 0.1) is 0 Å². The SMILES string of the molecule is CN(C)CCNC(=O)c1ccc(Nc2ccccc2C(C)(C)C)nc1. The topological polar surface area (TPSA) is 57.3 Å². The molecule has 0 fully saturated rings. The Labute approximate surface area is 150 Å². The first-order valence-electron chi connectivity index (χ1n) is 8.53. The monoisotopic (exact) mass is 340 g/mol. The summed E-state index contributed by atoms with van der Waals surface area (Å²) in [7, 11) is 3.95. The fraction of sp³-hybridized carbons (Fsp3) is 0.400. The molecule has 0 bridgehead atoms. The number of hydrogen-bond donors (Lipinski definition) is 2. The van der Waals surface area contributed by atoms with Crippen LogP contribution in [0.2, 0.25) is 0 Å². The first-order valence-corrected chi connectivity index (χ1v) is 8.53. The molecule has 0 aliphatic heterocycles. The van der Waals surface area contributed by atoms with Crippen LogP contribution in [-0.4, -0.2) is 43.0 Å². The Morgan fingerprint density at radius 2 is 1.84 bits per heavy atom. The number of nitrogens with zero attached hydrogens (tertiary/aromatic N) is 2. The summed E-state index contributed by atoms with van der Waals surface area (Å²) in [6, 6.07) is 11.8. The number of pyridine rings is 1. The van der Waals surface area contributed by atoms with Crippen molar-refractivity contribution in [3.63, 3.8) is 0 Å². The lowest BCUT2D eigenvalue weighted by Crippen LogP contribution is -2.31. The summed E-state index contributed by atoms with van der Waals surface area (Å²) in [4.78, 5) is 18.5. The lowest BCUT2D eigenvalue weighted by atomic mass is 9.86. The number of amides is 1. The molecule has 1 amide bonds. The number of aromatic nitrogens is 1. The second-order valence-electron chi connectivity index (χ2n) is 7.41. The van der Waals surface area contributed by atoms with Gasteiger partial charge in [0, 0.05) is 25.0 Å². The van der Waals surface area contributed by atoms with Crippen LogP contribution < -0.4 is 10.6 Å². The van der Waals surface area contributed by atoms with Crippen molar-refractivity contribution in [1.82, 2.24) is 15.2 Å². The van der Waals surface area contributed by atoms with E-state index in [4.69, 9.17) is 0 Å². The van der Waals surface area contributed by atoms with E-state index in [1.807, 2.05) is 43.3 Å². The van der Waals surface area contributed by atoms with Gasteiger partial charge in [-0.1, -0.05) is 39.0 Å². The van der Waals surface area contributed by atoms with Gasteiger partial charge in [0.05, 0.1) is 5.56 Å². The minimum Gasteiger partial charge on any atom is -0.351 e. The molecule has 1 aromatic heterocycles. The number of likely N-dealkylation sites (N-methyl/N-ethyl adjacent to an activating group) is 1. The van der Waals surface area contributed by atoms with Gasteiger partial charge in [0.1, 0.15) is 5.82 Å². The zero-order valence-electron chi connectivity index (χ0n) is 15.8. The minimum atomic E-state index is -0.101. The zero-order chi connectivity index (χ0) is 18.4. The number of carbonyl (C=O) groups is 1. The maximum absolute atomic E-state index is 12.1. The molecule has 134 valence electrons. The molecule has 0 aliphatic rings. The third-order valence-electron chi connectivity index (χ3n) is 3.87. The van der Waals surface area contributed by atoms with Crippen molar-refractivity contribution in [2.75, 3.05) is 32.5 Å². The summed E-state index contributed by atoms with van der Waals surface area (Å²) in [5.41, 5.74) is 2.86. The highest BCUT2D eigenvalue weighted by molar-refractivity contribution is 5.94. The van der Waals surface area contributed by atoms with Crippen molar-refractivity contribution in [3.05, 3.63) is 53.7 Å². The normalized spacial score (nSPS) is 11.4. The lowest BCUT2D eigenvalue weighted by molar-refractivity contribution is 0.0950. The quantitative estimate of drug-likeness (QED) is 0.846. The van der Waals surface area contributed by atoms with Crippen LogP contribution >= 0.6 is 0 Å². The predicted molar refractivity (Wildman–Crippen MR) is 104 cm³/mol. The molecule has 0 saturated carbocycles. The largest absolute Gasteiger partial charge is 0.351 e. The molecule has 2 N–H and O–H groups in total. The van der Waals surface area contributed by atoms with Crippen LogP contribution in [0.15, 0.2) is 42.6 Å². The van der Waals surface area contributed by atoms with Crippen molar-refractivity contribution >= 4 is 17.4 Å². The molecular weight excluding hydrogens is 312 g/mol. The summed E-state index contributed by atoms with van der Waals surface area (Å²) in [5.74, 6) is 0.623. The van der Waals surface area contributed by atoms with Gasteiger partial charge in [0.25, 0.3) is 5.91 Å². The Morgan fingerprint density at radius 3 is 2.44 bits per heavy atom. The number of benzene rings is 1. The second kappa shape index (κ2) is 8.12. The van der Waals surface area contributed by atoms with Gasteiger partial charge in [0.2, 0.25) is 0 Å². The Kier molecular flexibility index (Phi) is 6.15. The van der Waals surface area contributed by atoms with Crippen molar-refractivity contribution in [2.45, 2.75) is 26.2 Å². The van der Waals surface area contributed by atoms with Gasteiger partial charge in [-0.2, -0.15) is 0 Å². The molecule has 0 radical (unpaired) electrons. The van der Waals surface area contributed by atoms with E-state index in [0.29, 0.717) is 12.1 Å². The molecule has 5 heteroatoms. The third kappa shape index (κ3) is 5.57. The van der Waals surface area contributed by atoms with E-state index in [1.165, 1.54) is 5.56 Å². The minimum absolute atomic E-state index is 0.0376. The van der Waals surface area contributed by atoms with Crippen LogP contribution in [0.1, 0.15) is 36.7 Å². The Hall–Kier alpha value is -2.40. The lowest BCUT2D eigenvalue weighted by Gasteiger charge is -2.23. The summed E-state index contributed by atoms with van der Waals surface area (Å²) < 4.78 is 0. The van der Waals surface area contributed by atoms with E-state index < -0.39 is 0 Å². The second-order valence-corrected chi connectivity index (χ2v) is 7.41. The average molecular weight is 340 g/mol. The third-order valence-corrected chi connectivity index (χ3v) is 3.87. The van der Waals surface area contributed by atoms with Crippen molar-refractivity contribution < 1.29 is 4.79 Å². The molecule has 0 atom stereocenters. The summed E-state index contributed by atoms with van der Waals surface area (Å²) in [6.45, 7) is 7.97. The molecule has 5 nitrogen and oxygen atoms in total. The van der Waals surface area contributed by atoms with Crippen LogP contribution in [0.3, 0.4) is 0 Å². The fourth-order valence-electron chi connectivity index (χ4n) is 2.48. The number of nitrogens with one attached hydrogen (secondary N) is 2. The average Bonchev–Trinajstić information content (AvgIpc) is 2.54. The molecule has 25 heavy (non-hydrogen) atoms. The Balaban J connectivity index is 2.05. The van der Waals surface area contributed by atoms with Crippen LogP contribution in [0.25, 0.3) is 0 Å². The van der Waals surface area contributed by atoms with Crippen LogP contribution in [-0.2, 0) is 5.41 Å². The molecular formula is C20H28N4O. The van der Waals surface area contributed by atoms with E-state index in [1.54, 1.807) is 12.3 Å². The van der Waals surface area contributed by atoms with Gasteiger partial charge in [-0.3, -0.25) is 4.79 Å². The number of anilines is 2. The van der Waals surface area contributed by atoms with Gasteiger partial charge in [-0.15, -0.1) is 0 Å². The molecule has 2 aromatic rings. The first kappa shape index (κ1) is 18.9. The summed E-state index contributed by atoms with van der Waals surface area (Å²) in [5, 5.41) is 6.24. The Morgan fingerprint density at radius 1 is 1.12 bits per heavy atom. The number of hydrogen-bond acceptors (Lipinski definition) is 4. The fourth-order valence-corrected chi connectivity index (χ4v) is 2.48. The molecule has 0 aliphatic carbocycles. The maximum Gasteiger partial charge on any atom is 0.252 e. The van der Waals surface area contributed by atoms with E-state index in [-0.39, 0.29) is 11.3 Å². The summed E-state index contributed by atoms with van der Waals surface area (Å²) >= 11 is 0. The van der Waals surface area contributed by atoms with E-state index in [0.717, 1.165) is 18.1 Å². The van der Waals surface area contributed by atoms with Crippen LogP contribution in [0.5, 0.6) is 0 Å². The number of para-hydroxylation sites is 1. The van der Waals surface area contributed by atoms with Gasteiger partial charge in [-0.05, 0) is 43.3 Å². The maximum atomic E-state index is 12.1. The molecule has 0 saturated heterocycles. The molecule has 0 unspecified atom stereocenters. The Bertz CT molecular complexity index is 702.